The van der Waals surface area contributed by atoms with Gasteiger partial charge >= 0.3 is 0 Å². The van der Waals surface area contributed by atoms with Crippen LogP contribution in [0.3, 0.4) is 0 Å². The second-order valence-corrected chi connectivity index (χ2v) is 9.43. The van der Waals surface area contributed by atoms with Gasteiger partial charge in [0.15, 0.2) is 11.7 Å². The number of hydrogen-bond acceptors (Lipinski definition) is 8. The Kier molecular flexibility index (Phi) is 8.35. The van der Waals surface area contributed by atoms with E-state index in [4.69, 9.17) is 18.9 Å². The summed E-state index contributed by atoms with van der Waals surface area (Å²) in [5.74, 6) is -1.69. The van der Waals surface area contributed by atoms with Crippen molar-refractivity contribution in [1.29, 1.82) is 0 Å². The summed E-state index contributed by atoms with van der Waals surface area (Å²) in [4.78, 5) is 26.6. The van der Waals surface area contributed by atoms with Crippen LogP contribution in [0.25, 0.3) is 0 Å². The minimum atomic E-state index is -1.55. The molecule has 1 aromatic carbocycles. The van der Waals surface area contributed by atoms with Crippen molar-refractivity contribution in [2.45, 2.75) is 57.4 Å². The minimum absolute atomic E-state index is 0.180. The van der Waals surface area contributed by atoms with Crippen LogP contribution in [0.2, 0.25) is 0 Å². The van der Waals surface area contributed by atoms with Gasteiger partial charge in [0, 0.05) is 20.6 Å². The molecule has 0 aliphatic carbocycles. The number of carbonyl (C=O) groups is 2. The lowest BCUT2D eigenvalue weighted by atomic mass is 9.86. The van der Waals surface area contributed by atoms with Crippen LogP contribution in [0.1, 0.15) is 33.3 Å². The van der Waals surface area contributed by atoms with Crippen molar-refractivity contribution in [3.8, 4) is 0 Å². The lowest BCUT2D eigenvalue weighted by molar-refractivity contribution is -0.453. The van der Waals surface area contributed by atoms with Gasteiger partial charge in [0.1, 0.15) is 0 Å². The molecule has 0 aromatic heterocycles. The Bertz CT molecular complexity index is 714. The highest BCUT2D eigenvalue weighted by Crippen LogP contribution is 2.47. The maximum atomic E-state index is 13.4. The number of thioether (sulfide) groups is 2. The molecule has 1 aliphatic rings. The van der Waals surface area contributed by atoms with Gasteiger partial charge in [0.2, 0.25) is 21.8 Å². The van der Waals surface area contributed by atoms with E-state index in [9.17, 15) is 9.59 Å². The van der Waals surface area contributed by atoms with Crippen molar-refractivity contribution in [2.75, 3.05) is 25.7 Å². The zero-order chi connectivity index (χ0) is 21.7. The molecule has 4 atom stereocenters. The predicted octanol–water partition coefficient (Wildman–Crippen LogP) is 3.67. The lowest BCUT2D eigenvalue weighted by Crippen LogP contribution is -2.73. The van der Waals surface area contributed by atoms with E-state index in [1.54, 1.807) is 13.8 Å². The first-order valence-corrected chi connectivity index (χ1v) is 11.5. The number of benzene rings is 1. The first-order chi connectivity index (χ1) is 13.7. The molecule has 1 fully saturated rings. The molecule has 0 spiro atoms. The van der Waals surface area contributed by atoms with Gasteiger partial charge in [0.25, 0.3) is 0 Å². The van der Waals surface area contributed by atoms with Crippen LogP contribution in [-0.2, 0) is 35.0 Å². The summed E-state index contributed by atoms with van der Waals surface area (Å²) in [5, 5.41) is -0.532. The molecule has 1 heterocycles. The zero-order valence-electron chi connectivity index (χ0n) is 17.9. The standard InChI is InChI=1S/C21H30O6S2/c1-7-28-17(22)16-21(18(23)29-8-2,14-15-12-10-9-11-13-15)27-20(4,25-6)19(3,24-5)26-16/h9-13,16H,7-8,14H2,1-6H3/t16-,19+,20+,21-/m0/s1. The quantitative estimate of drug-likeness (QED) is 0.604. The fraction of sp³-hybridized carbons (Fsp3) is 0.619. The van der Waals surface area contributed by atoms with E-state index < -0.39 is 23.3 Å². The fourth-order valence-electron chi connectivity index (χ4n) is 3.34. The molecule has 29 heavy (non-hydrogen) atoms. The molecular weight excluding hydrogens is 412 g/mol. The Morgan fingerprint density at radius 1 is 1.00 bits per heavy atom. The van der Waals surface area contributed by atoms with Gasteiger partial charge in [0.05, 0.1) is 0 Å². The van der Waals surface area contributed by atoms with Crippen LogP contribution in [0.5, 0.6) is 0 Å². The number of hydrogen-bond donors (Lipinski definition) is 0. The number of methoxy groups -OCH3 is 2. The van der Waals surface area contributed by atoms with Gasteiger partial charge in [-0.05, 0) is 30.9 Å². The summed E-state index contributed by atoms with van der Waals surface area (Å²) >= 11 is 2.22. The maximum Gasteiger partial charge on any atom is 0.224 e. The number of carbonyl (C=O) groups excluding carboxylic acids is 2. The molecule has 0 bridgehead atoms. The van der Waals surface area contributed by atoms with E-state index in [2.05, 4.69) is 0 Å². The second kappa shape index (κ2) is 9.94. The van der Waals surface area contributed by atoms with Crippen LogP contribution in [0, 0.1) is 0 Å². The largest absolute Gasteiger partial charge is 0.349 e. The smallest absolute Gasteiger partial charge is 0.224 e. The van der Waals surface area contributed by atoms with Crippen molar-refractivity contribution in [1.82, 2.24) is 0 Å². The van der Waals surface area contributed by atoms with Gasteiger partial charge < -0.3 is 18.9 Å². The van der Waals surface area contributed by atoms with Gasteiger partial charge in [-0.25, -0.2) is 0 Å². The second-order valence-electron chi connectivity index (χ2n) is 6.92. The van der Waals surface area contributed by atoms with Crippen LogP contribution in [-0.4, -0.2) is 59.2 Å². The lowest BCUT2D eigenvalue weighted by Gasteiger charge is -2.55. The summed E-state index contributed by atoms with van der Waals surface area (Å²) < 4.78 is 23.9. The third kappa shape index (κ3) is 4.73. The van der Waals surface area contributed by atoms with Crippen LogP contribution >= 0.6 is 23.5 Å². The SMILES string of the molecule is CCSC(=O)[C@@H]1O[C@@](C)(OC)[C@](C)(OC)O[C@]1(Cc1ccccc1)C(=O)SCC. The molecule has 0 saturated carbocycles. The van der Waals surface area contributed by atoms with Crippen molar-refractivity contribution < 1.29 is 28.5 Å². The summed E-state index contributed by atoms with van der Waals surface area (Å²) in [6.45, 7) is 7.07. The molecule has 162 valence electrons. The van der Waals surface area contributed by atoms with Crippen LogP contribution in [0.15, 0.2) is 30.3 Å². The van der Waals surface area contributed by atoms with Gasteiger partial charge in [-0.1, -0.05) is 67.7 Å². The van der Waals surface area contributed by atoms with Crippen molar-refractivity contribution >= 4 is 33.8 Å². The molecule has 1 aromatic rings. The highest BCUT2D eigenvalue weighted by atomic mass is 32.2. The number of rotatable bonds is 8. The van der Waals surface area contributed by atoms with E-state index >= 15 is 0 Å². The zero-order valence-corrected chi connectivity index (χ0v) is 19.5. The summed E-state index contributed by atoms with van der Waals surface area (Å²) in [6.07, 6.45) is -0.966. The Labute approximate surface area is 181 Å². The molecule has 2 rings (SSSR count). The third-order valence-corrected chi connectivity index (χ3v) is 6.86. The van der Waals surface area contributed by atoms with E-state index in [1.807, 2.05) is 44.2 Å². The normalized spacial score (nSPS) is 32.1. The molecule has 1 saturated heterocycles. The average molecular weight is 443 g/mol. The van der Waals surface area contributed by atoms with Crippen LogP contribution < -0.4 is 0 Å². The molecule has 0 N–H and O–H groups in total. The topological polar surface area (TPSA) is 71.1 Å². The number of ether oxygens (including phenoxy) is 4. The van der Waals surface area contributed by atoms with Crippen molar-refractivity contribution in [2.24, 2.45) is 0 Å². The first kappa shape index (κ1) is 24.4. The maximum absolute atomic E-state index is 13.4. The average Bonchev–Trinajstić information content (AvgIpc) is 2.71. The molecule has 6 nitrogen and oxygen atoms in total. The first-order valence-electron chi connectivity index (χ1n) is 9.58. The fourth-order valence-corrected chi connectivity index (χ4v) is 4.74. The molecule has 8 heteroatoms. The Balaban J connectivity index is 2.65. The molecule has 0 radical (unpaired) electrons. The Hall–Kier alpha value is -0.900. The molecule has 0 amide bonds. The van der Waals surface area contributed by atoms with E-state index in [0.717, 1.165) is 29.1 Å². The summed E-state index contributed by atoms with van der Waals surface area (Å²) in [6, 6.07) is 9.47. The Morgan fingerprint density at radius 2 is 1.59 bits per heavy atom. The Morgan fingerprint density at radius 3 is 2.10 bits per heavy atom. The van der Waals surface area contributed by atoms with E-state index in [0.29, 0.717) is 11.5 Å². The third-order valence-electron chi connectivity index (χ3n) is 5.18. The summed E-state index contributed by atoms with van der Waals surface area (Å²) in [7, 11) is 2.93. The molecule has 1 aliphatic heterocycles. The van der Waals surface area contributed by atoms with Crippen LogP contribution in [0.4, 0.5) is 0 Å². The highest BCUT2D eigenvalue weighted by Gasteiger charge is 2.66. The van der Waals surface area contributed by atoms with E-state index in [-0.39, 0.29) is 16.7 Å². The summed E-state index contributed by atoms with van der Waals surface area (Å²) in [5.41, 5.74) is -0.690. The monoisotopic (exact) mass is 442 g/mol. The van der Waals surface area contributed by atoms with Gasteiger partial charge in [-0.15, -0.1) is 0 Å². The van der Waals surface area contributed by atoms with Crippen molar-refractivity contribution in [3.63, 3.8) is 0 Å². The van der Waals surface area contributed by atoms with Crippen molar-refractivity contribution in [3.05, 3.63) is 35.9 Å². The molecule has 0 unspecified atom stereocenters. The predicted molar refractivity (Wildman–Crippen MR) is 116 cm³/mol. The molecular formula is C21H30O6S2. The minimum Gasteiger partial charge on any atom is -0.349 e. The van der Waals surface area contributed by atoms with E-state index in [1.165, 1.54) is 14.2 Å². The van der Waals surface area contributed by atoms with Gasteiger partial charge in [-0.3, -0.25) is 9.59 Å². The van der Waals surface area contributed by atoms with Gasteiger partial charge in [-0.2, -0.15) is 0 Å². The highest BCUT2D eigenvalue weighted by molar-refractivity contribution is 8.14.